The molecule has 1 atom stereocenters. The number of phenolic OH excluding ortho intramolecular Hbond substituents is 1. The summed E-state index contributed by atoms with van der Waals surface area (Å²) in [5, 5.41) is 20.2. The Morgan fingerprint density at radius 3 is 2.20 bits per heavy atom. The van der Waals surface area contributed by atoms with E-state index in [1.54, 1.807) is 19.9 Å². The van der Waals surface area contributed by atoms with Crippen LogP contribution in [0, 0.1) is 6.92 Å². The van der Waals surface area contributed by atoms with Gasteiger partial charge in [-0.3, -0.25) is 0 Å². The van der Waals surface area contributed by atoms with Gasteiger partial charge >= 0.3 is 0 Å². The quantitative estimate of drug-likeness (QED) is 0.813. The van der Waals surface area contributed by atoms with Crippen LogP contribution < -0.4 is 0 Å². The van der Waals surface area contributed by atoms with E-state index < -0.39 is 6.10 Å². The highest BCUT2D eigenvalue weighted by molar-refractivity contribution is 6.31. The summed E-state index contributed by atoms with van der Waals surface area (Å²) in [5.74, 6) is 0.350. The largest absolute Gasteiger partial charge is 0.507 e. The minimum atomic E-state index is -0.707. The number of halogens is 1. The van der Waals surface area contributed by atoms with Crippen molar-refractivity contribution in [3.05, 3.63) is 27.8 Å². The van der Waals surface area contributed by atoms with E-state index >= 15 is 0 Å². The van der Waals surface area contributed by atoms with Gasteiger partial charge in [0.25, 0.3) is 0 Å². The SMILES string of the molecule is Cc1c(Cl)cc(C(C)C)c(O)c1C(C)O. The van der Waals surface area contributed by atoms with Crippen LogP contribution in [0.15, 0.2) is 6.07 Å². The molecule has 0 aliphatic carbocycles. The van der Waals surface area contributed by atoms with Gasteiger partial charge in [-0.25, -0.2) is 0 Å². The van der Waals surface area contributed by atoms with E-state index in [-0.39, 0.29) is 11.7 Å². The molecule has 0 amide bonds. The fourth-order valence-corrected chi connectivity index (χ4v) is 1.95. The van der Waals surface area contributed by atoms with Crippen molar-refractivity contribution in [2.75, 3.05) is 0 Å². The number of phenols is 1. The van der Waals surface area contributed by atoms with Gasteiger partial charge < -0.3 is 10.2 Å². The first-order valence-corrected chi connectivity index (χ1v) is 5.44. The molecule has 1 unspecified atom stereocenters. The molecule has 0 saturated carbocycles. The van der Waals surface area contributed by atoms with Crippen molar-refractivity contribution >= 4 is 11.6 Å². The van der Waals surface area contributed by atoms with Crippen molar-refractivity contribution in [2.24, 2.45) is 0 Å². The van der Waals surface area contributed by atoms with Gasteiger partial charge in [0.05, 0.1) is 6.10 Å². The van der Waals surface area contributed by atoms with Crippen molar-refractivity contribution < 1.29 is 10.2 Å². The van der Waals surface area contributed by atoms with Crippen LogP contribution in [0.3, 0.4) is 0 Å². The van der Waals surface area contributed by atoms with E-state index in [0.717, 1.165) is 11.1 Å². The maximum absolute atomic E-state index is 10.0. The lowest BCUT2D eigenvalue weighted by Crippen LogP contribution is -2.01. The third-order valence-corrected chi connectivity index (χ3v) is 3.01. The summed E-state index contributed by atoms with van der Waals surface area (Å²) in [4.78, 5) is 0. The molecule has 15 heavy (non-hydrogen) atoms. The molecule has 0 bridgehead atoms. The van der Waals surface area contributed by atoms with Crippen molar-refractivity contribution in [3.8, 4) is 5.75 Å². The zero-order valence-corrected chi connectivity index (χ0v) is 10.3. The van der Waals surface area contributed by atoms with Crippen LogP contribution in [0.4, 0.5) is 0 Å². The topological polar surface area (TPSA) is 40.5 Å². The molecule has 0 aliphatic rings. The Hall–Kier alpha value is -0.730. The zero-order chi connectivity index (χ0) is 11.7. The summed E-state index contributed by atoms with van der Waals surface area (Å²) >= 11 is 6.06. The third kappa shape index (κ3) is 2.27. The second kappa shape index (κ2) is 4.42. The van der Waals surface area contributed by atoms with E-state index in [1.807, 2.05) is 13.8 Å². The van der Waals surface area contributed by atoms with Crippen LogP contribution in [0.2, 0.25) is 5.02 Å². The van der Waals surface area contributed by atoms with E-state index in [9.17, 15) is 10.2 Å². The smallest absolute Gasteiger partial charge is 0.125 e. The molecule has 0 spiro atoms. The van der Waals surface area contributed by atoms with Gasteiger partial charge in [-0.1, -0.05) is 25.4 Å². The van der Waals surface area contributed by atoms with Crippen LogP contribution in [0.5, 0.6) is 5.75 Å². The van der Waals surface area contributed by atoms with Crippen LogP contribution >= 0.6 is 11.6 Å². The standard InChI is InChI=1S/C12H17ClO2/c1-6(2)9-5-10(13)7(3)11(8(4)14)12(9)15/h5-6,8,14-15H,1-4H3. The Labute approximate surface area is 95.5 Å². The fourth-order valence-electron chi connectivity index (χ4n) is 1.73. The van der Waals surface area contributed by atoms with E-state index in [4.69, 9.17) is 11.6 Å². The van der Waals surface area contributed by atoms with E-state index in [2.05, 4.69) is 0 Å². The van der Waals surface area contributed by atoms with Crippen LogP contribution in [-0.2, 0) is 0 Å². The van der Waals surface area contributed by atoms with E-state index in [0.29, 0.717) is 10.6 Å². The predicted octanol–water partition coefficient (Wildman–Crippen LogP) is 3.53. The first kappa shape index (κ1) is 12.3. The predicted molar refractivity (Wildman–Crippen MR) is 62.6 cm³/mol. The molecule has 0 aromatic heterocycles. The summed E-state index contributed by atoms with van der Waals surface area (Å²) in [6.45, 7) is 7.38. The Balaban J connectivity index is 3.49. The van der Waals surface area contributed by atoms with Gasteiger partial charge in [0, 0.05) is 10.6 Å². The molecule has 1 rings (SSSR count). The maximum atomic E-state index is 10.0. The molecule has 1 aromatic rings. The normalized spacial score (nSPS) is 13.3. The van der Waals surface area contributed by atoms with Gasteiger partial charge in [-0.15, -0.1) is 0 Å². The first-order chi connectivity index (χ1) is 6.86. The maximum Gasteiger partial charge on any atom is 0.125 e. The number of aliphatic hydroxyl groups is 1. The second-order valence-electron chi connectivity index (χ2n) is 4.17. The van der Waals surface area contributed by atoms with Crippen molar-refractivity contribution in [1.29, 1.82) is 0 Å². The molecule has 0 saturated heterocycles. The molecule has 0 fully saturated rings. The molecule has 1 aromatic carbocycles. The summed E-state index contributed by atoms with van der Waals surface area (Å²) in [5.41, 5.74) is 2.06. The van der Waals surface area contributed by atoms with Crippen molar-refractivity contribution in [3.63, 3.8) is 0 Å². The minimum Gasteiger partial charge on any atom is -0.507 e. The van der Waals surface area contributed by atoms with Crippen molar-refractivity contribution in [1.82, 2.24) is 0 Å². The van der Waals surface area contributed by atoms with Crippen LogP contribution in [0.25, 0.3) is 0 Å². The summed E-state index contributed by atoms with van der Waals surface area (Å²) in [6, 6.07) is 1.77. The number of benzene rings is 1. The molecule has 0 radical (unpaired) electrons. The molecule has 0 aliphatic heterocycles. The van der Waals surface area contributed by atoms with Gasteiger partial charge in [-0.05, 0) is 37.0 Å². The Bertz CT molecular complexity index is 370. The Morgan fingerprint density at radius 1 is 1.27 bits per heavy atom. The lowest BCUT2D eigenvalue weighted by molar-refractivity contribution is 0.194. The average molecular weight is 229 g/mol. The highest BCUT2D eigenvalue weighted by Crippen LogP contribution is 2.38. The van der Waals surface area contributed by atoms with Crippen LogP contribution in [-0.4, -0.2) is 10.2 Å². The number of aliphatic hydroxyl groups excluding tert-OH is 1. The van der Waals surface area contributed by atoms with Gasteiger partial charge in [0.15, 0.2) is 0 Å². The second-order valence-corrected chi connectivity index (χ2v) is 4.57. The van der Waals surface area contributed by atoms with Gasteiger partial charge in [0.1, 0.15) is 5.75 Å². The average Bonchev–Trinajstić information content (AvgIpc) is 2.10. The van der Waals surface area contributed by atoms with Gasteiger partial charge in [-0.2, -0.15) is 0 Å². The summed E-state index contributed by atoms with van der Waals surface area (Å²) in [6.07, 6.45) is -0.707. The van der Waals surface area contributed by atoms with Gasteiger partial charge in [0.2, 0.25) is 0 Å². The molecular formula is C12H17ClO2. The Kier molecular flexibility index (Phi) is 3.63. The lowest BCUT2D eigenvalue weighted by atomic mass is 9.94. The highest BCUT2D eigenvalue weighted by atomic mass is 35.5. The monoisotopic (exact) mass is 228 g/mol. The molecule has 0 heterocycles. The molecule has 2 nitrogen and oxygen atoms in total. The zero-order valence-electron chi connectivity index (χ0n) is 9.50. The fraction of sp³-hybridized carbons (Fsp3) is 0.500. The molecule has 84 valence electrons. The minimum absolute atomic E-state index is 0.168. The first-order valence-electron chi connectivity index (χ1n) is 5.06. The lowest BCUT2D eigenvalue weighted by Gasteiger charge is -2.18. The number of hydrogen-bond acceptors (Lipinski definition) is 2. The summed E-state index contributed by atoms with van der Waals surface area (Å²) < 4.78 is 0. The highest BCUT2D eigenvalue weighted by Gasteiger charge is 2.18. The van der Waals surface area contributed by atoms with Crippen molar-refractivity contribution in [2.45, 2.75) is 39.7 Å². The summed E-state index contributed by atoms with van der Waals surface area (Å²) in [7, 11) is 0. The number of hydrogen-bond donors (Lipinski definition) is 2. The number of aromatic hydroxyl groups is 1. The number of rotatable bonds is 2. The molecule has 2 N–H and O–H groups in total. The van der Waals surface area contributed by atoms with E-state index in [1.165, 1.54) is 0 Å². The Morgan fingerprint density at radius 2 is 1.80 bits per heavy atom. The molecule has 3 heteroatoms. The third-order valence-electron chi connectivity index (χ3n) is 2.61. The van der Waals surface area contributed by atoms with Crippen LogP contribution in [0.1, 0.15) is 49.5 Å². The molecular weight excluding hydrogens is 212 g/mol.